The fourth-order valence-corrected chi connectivity index (χ4v) is 4.09. The number of halogens is 2. The molecular formula is C25H22F2N6O. The number of carbonyl (C=O) groups excluding carboxylic acids is 1. The van der Waals surface area contributed by atoms with Crippen molar-refractivity contribution in [3.05, 3.63) is 84.6 Å². The Bertz CT molecular complexity index is 1490. The smallest absolute Gasteiger partial charge is 0.243 e. The zero-order chi connectivity index (χ0) is 23.8. The molecule has 5 aromatic rings. The average molecular weight is 460 g/mol. The maximum atomic E-state index is 13.8. The van der Waals surface area contributed by atoms with Crippen molar-refractivity contribution in [1.82, 2.24) is 29.4 Å². The second-order valence-corrected chi connectivity index (χ2v) is 8.44. The van der Waals surface area contributed by atoms with Gasteiger partial charge >= 0.3 is 0 Å². The molecule has 3 aromatic heterocycles. The number of imidazole rings is 2. The van der Waals surface area contributed by atoms with Crippen molar-refractivity contribution in [1.29, 1.82) is 0 Å². The van der Waals surface area contributed by atoms with Crippen LogP contribution in [-0.2, 0) is 11.3 Å². The summed E-state index contributed by atoms with van der Waals surface area (Å²) < 4.78 is 30.9. The Kier molecular flexibility index (Phi) is 5.53. The number of benzene rings is 2. The van der Waals surface area contributed by atoms with Crippen molar-refractivity contribution in [3.63, 3.8) is 0 Å². The van der Waals surface area contributed by atoms with Gasteiger partial charge in [-0.3, -0.25) is 9.36 Å². The lowest BCUT2D eigenvalue weighted by atomic mass is 10.0. The van der Waals surface area contributed by atoms with E-state index in [0.29, 0.717) is 11.0 Å². The van der Waals surface area contributed by atoms with Gasteiger partial charge in [-0.25, -0.2) is 23.7 Å². The Labute approximate surface area is 194 Å². The van der Waals surface area contributed by atoms with Crippen molar-refractivity contribution in [2.24, 2.45) is 5.92 Å². The van der Waals surface area contributed by atoms with Gasteiger partial charge in [-0.2, -0.15) is 0 Å². The van der Waals surface area contributed by atoms with Crippen LogP contribution < -0.4 is 5.32 Å². The predicted octanol–water partition coefficient (Wildman–Crippen LogP) is 4.56. The number of nitrogens with one attached hydrogen (secondary N) is 1. The summed E-state index contributed by atoms with van der Waals surface area (Å²) in [5.41, 5.74) is 3.33. The molecule has 0 aliphatic carbocycles. The van der Waals surface area contributed by atoms with Gasteiger partial charge in [0.1, 0.15) is 18.2 Å². The minimum absolute atomic E-state index is 0.111. The molecule has 172 valence electrons. The maximum absolute atomic E-state index is 13.8. The van der Waals surface area contributed by atoms with E-state index in [1.165, 1.54) is 6.33 Å². The molecule has 1 N–H and O–H groups in total. The highest BCUT2D eigenvalue weighted by Crippen LogP contribution is 2.26. The minimum Gasteiger partial charge on any atom is -0.350 e. The van der Waals surface area contributed by atoms with Crippen LogP contribution in [0.4, 0.5) is 8.78 Å². The van der Waals surface area contributed by atoms with Crippen molar-refractivity contribution < 1.29 is 13.6 Å². The van der Waals surface area contributed by atoms with Crippen LogP contribution in [0.15, 0.2) is 67.4 Å². The van der Waals surface area contributed by atoms with E-state index in [0.717, 1.165) is 34.5 Å². The second kappa shape index (κ2) is 8.66. The van der Waals surface area contributed by atoms with Gasteiger partial charge in [-0.15, -0.1) is 0 Å². The zero-order valence-corrected chi connectivity index (χ0v) is 18.6. The SMILES string of the molecule is CC(C)C(C(=O)NCc1ccc(-n2cnc3ccccc32)nc1)n1cnc2cc(F)c(F)cc21. The summed E-state index contributed by atoms with van der Waals surface area (Å²) in [4.78, 5) is 26.1. The number of aromatic nitrogens is 5. The lowest BCUT2D eigenvalue weighted by Gasteiger charge is -2.22. The maximum Gasteiger partial charge on any atom is 0.243 e. The molecule has 7 nitrogen and oxygen atoms in total. The fourth-order valence-electron chi connectivity index (χ4n) is 4.09. The average Bonchev–Trinajstić information content (AvgIpc) is 3.43. The molecule has 0 radical (unpaired) electrons. The molecule has 3 heterocycles. The molecule has 0 saturated heterocycles. The van der Waals surface area contributed by atoms with E-state index in [2.05, 4.69) is 20.3 Å². The number of carbonyl (C=O) groups is 1. The molecule has 0 aliphatic rings. The standard InChI is InChI=1S/C25H22F2N6O/c1-15(2)24(33-14-31-20-9-17(26)18(27)10-22(20)33)25(34)29-12-16-7-8-23(28-11-16)32-13-30-19-5-3-4-6-21(19)32/h3-11,13-15,24H,12H2,1-2H3,(H,29,34). The first kappa shape index (κ1) is 21.7. The number of hydrogen-bond acceptors (Lipinski definition) is 4. The monoisotopic (exact) mass is 460 g/mol. The Balaban J connectivity index is 1.33. The Morgan fingerprint density at radius 2 is 1.71 bits per heavy atom. The van der Waals surface area contributed by atoms with E-state index >= 15 is 0 Å². The second-order valence-electron chi connectivity index (χ2n) is 8.44. The van der Waals surface area contributed by atoms with Crippen LogP contribution in [-0.4, -0.2) is 30.0 Å². The number of pyridine rings is 1. The van der Waals surface area contributed by atoms with Gasteiger partial charge in [0.25, 0.3) is 0 Å². The quantitative estimate of drug-likeness (QED) is 0.403. The van der Waals surface area contributed by atoms with Crippen LogP contribution >= 0.6 is 0 Å². The van der Waals surface area contributed by atoms with E-state index in [1.807, 2.05) is 54.8 Å². The highest BCUT2D eigenvalue weighted by Gasteiger charge is 2.26. The van der Waals surface area contributed by atoms with Crippen molar-refractivity contribution in [3.8, 4) is 5.82 Å². The van der Waals surface area contributed by atoms with Crippen molar-refractivity contribution in [2.45, 2.75) is 26.4 Å². The summed E-state index contributed by atoms with van der Waals surface area (Å²) in [7, 11) is 0. The lowest BCUT2D eigenvalue weighted by Crippen LogP contribution is -2.35. The Morgan fingerprint density at radius 1 is 0.941 bits per heavy atom. The van der Waals surface area contributed by atoms with Gasteiger partial charge in [-0.1, -0.05) is 32.0 Å². The molecule has 0 bridgehead atoms. The van der Waals surface area contributed by atoms with Gasteiger partial charge in [-0.05, 0) is 29.7 Å². The van der Waals surface area contributed by atoms with Gasteiger partial charge in [0.05, 0.1) is 28.4 Å². The molecule has 9 heteroatoms. The van der Waals surface area contributed by atoms with Crippen LogP contribution in [0, 0.1) is 17.6 Å². The van der Waals surface area contributed by atoms with E-state index in [-0.39, 0.29) is 18.4 Å². The summed E-state index contributed by atoms with van der Waals surface area (Å²) in [6.07, 6.45) is 4.88. The summed E-state index contributed by atoms with van der Waals surface area (Å²) in [6, 6.07) is 13.0. The van der Waals surface area contributed by atoms with Crippen LogP contribution in [0.2, 0.25) is 0 Å². The number of para-hydroxylation sites is 2. The number of hydrogen-bond donors (Lipinski definition) is 1. The molecule has 0 saturated carbocycles. The third-order valence-electron chi connectivity index (χ3n) is 5.79. The fraction of sp³-hybridized carbons (Fsp3) is 0.200. The minimum atomic E-state index is -0.978. The first-order valence-corrected chi connectivity index (χ1v) is 10.9. The largest absolute Gasteiger partial charge is 0.350 e. The topological polar surface area (TPSA) is 77.6 Å². The van der Waals surface area contributed by atoms with Crippen LogP contribution in [0.1, 0.15) is 25.5 Å². The number of fused-ring (bicyclic) bond motifs is 2. The molecule has 34 heavy (non-hydrogen) atoms. The molecule has 5 rings (SSSR count). The van der Waals surface area contributed by atoms with Gasteiger partial charge in [0, 0.05) is 24.9 Å². The molecule has 0 aliphatic heterocycles. The number of nitrogens with zero attached hydrogens (tertiary/aromatic N) is 5. The van der Waals surface area contributed by atoms with Gasteiger partial charge < -0.3 is 9.88 Å². The Hall–Kier alpha value is -4.14. The summed E-state index contributed by atoms with van der Waals surface area (Å²) in [5, 5.41) is 2.93. The van der Waals surface area contributed by atoms with Crippen LogP contribution in [0.3, 0.4) is 0 Å². The molecular weight excluding hydrogens is 438 g/mol. The summed E-state index contributed by atoms with van der Waals surface area (Å²) in [5.74, 6) is -1.58. The molecule has 0 spiro atoms. The normalized spacial score (nSPS) is 12.5. The first-order valence-electron chi connectivity index (χ1n) is 10.9. The zero-order valence-electron chi connectivity index (χ0n) is 18.6. The van der Waals surface area contributed by atoms with E-state index in [9.17, 15) is 13.6 Å². The van der Waals surface area contributed by atoms with Gasteiger partial charge in [0.15, 0.2) is 11.6 Å². The molecule has 2 aromatic carbocycles. The van der Waals surface area contributed by atoms with E-state index in [4.69, 9.17) is 0 Å². The molecule has 1 atom stereocenters. The first-order chi connectivity index (χ1) is 16.4. The van der Waals surface area contributed by atoms with E-state index in [1.54, 1.807) is 17.1 Å². The summed E-state index contributed by atoms with van der Waals surface area (Å²) >= 11 is 0. The van der Waals surface area contributed by atoms with E-state index < -0.39 is 17.7 Å². The molecule has 1 amide bonds. The highest BCUT2D eigenvalue weighted by atomic mass is 19.2. The van der Waals surface area contributed by atoms with Gasteiger partial charge in [0.2, 0.25) is 5.91 Å². The third kappa shape index (κ3) is 3.89. The Morgan fingerprint density at radius 3 is 2.47 bits per heavy atom. The van der Waals surface area contributed by atoms with Crippen LogP contribution in [0.5, 0.6) is 0 Å². The van der Waals surface area contributed by atoms with Crippen molar-refractivity contribution >= 4 is 28.0 Å². The molecule has 1 unspecified atom stereocenters. The van der Waals surface area contributed by atoms with Crippen molar-refractivity contribution in [2.75, 3.05) is 0 Å². The highest BCUT2D eigenvalue weighted by molar-refractivity contribution is 5.84. The predicted molar refractivity (Wildman–Crippen MR) is 124 cm³/mol. The van der Waals surface area contributed by atoms with Crippen LogP contribution in [0.25, 0.3) is 27.9 Å². The lowest BCUT2D eigenvalue weighted by molar-refractivity contribution is -0.125. The third-order valence-corrected chi connectivity index (χ3v) is 5.79. The number of amides is 1. The molecule has 0 fully saturated rings. The summed E-state index contributed by atoms with van der Waals surface area (Å²) in [6.45, 7) is 4.05. The number of rotatable bonds is 6.